The van der Waals surface area contributed by atoms with Crippen molar-refractivity contribution >= 4 is 15.9 Å². The minimum Gasteiger partial charge on any atom is -0.467 e. The lowest BCUT2D eigenvalue weighted by Gasteiger charge is -2.11. The first-order chi connectivity index (χ1) is 14.1. The third-order valence-electron chi connectivity index (χ3n) is 4.16. The van der Waals surface area contributed by atoms with Crippen molar-refractivity contribution in [3.8, 4) is 0 Å². The number of benzene rings is 2. The van der Waals surface area contributed by atoms with Crippen LogP contribution in [-0.2, 0) is 29.3 Å². The highest BCUT2D eigenvalue weighted by Gasteiger charge is 2.31. The Bertz CT molecular complexity index is 1110. The lowest BCUT2D eigenvalue weighted by Crippen LogP contribution is -2.24. The van der Waals surface area contributed by atoms with Crippen LogP contribution in [0.3, 0.4) is 0 Å². The van der Waals surface area contributed by atoms with Gasteiger partial charge in [-0.15, -0.1) is 0 Å². The molecule has 3 rings (SSSR count). The molecule has 0 spiro atoms. The van der Waals surface area contributed by atoms with Crippen LogP contribution in [0.5, 0.6) is 0 Å². The van der Waals surface area contributed by atoms with Crippen molar-refractivity contribution in [1.82, 2.24) is 10.0 Å². The maximum absolute atomic E-state index is 12.8. The zero-order valence-electron chi connectivity index (χ0n) is 15.4. The first kappa shape index (κ1) is 21.6. The molecule has 6 nitrogen and oxygen atoms in total. The number of carbonyl (C=O) groups excluding carboxylic acids is 1. The molecule has 0 bridgehead atoms. The summed E-state index contributed by atoms with van der Waals surface area (Å²) in [6.07, 6.45) is -3.14. The molecule has 0 atom stereocenters. The zero-order valence-corrected chi connectivity index (χ0v) is 16.3. The molecule has 0 fully saturated rings. The normalized spacial score (nSPS) is 12.0. The molecular formula is C20H17F3N2O4S. The molecule has 2 aromatic carbocycles. The van der Waals surface area contributed by atoms with Gasteiger partial charge in [0.05, 0.1) is 23.3 Å². The van der Waals surface area contributed by atoms with Gasteiger partial charge in [0.15, 0.2) is 0 Å². The van der Waals surface area contributed by atoms with Crippen LogP contribution in [0.15, 0.2) is 76.2 Å². The molecule has 0 saturated carbocycles. The monoisotopic (exact) mass is 438 g/mol. The van der Waals surface area contributed by atoms with Gasteiger partial charge in [-0.1, -0.05) is 18.2 Å². The number of sulfonamides is 1. The molecule has 1 aromatic heterocycles. The molecule has 0 unspecified atom stereocenters. The van der Waals surface area contributed by atoms with Gasteiger partial charge in [0, 0.05) is 12.1 Å². The highest BCUT2D eigenvalue weighted by Crippen LogP contribution is 2.30. The van der Waals surface area contributed by atoms with E-state index in [-0.39, 0.29) is 19.0 Å². The van der Waals surface area contributed by atoms with E-state index in [2.05, 4.69) is 10.0 Å². The number of alkyl halides is 3. The number of nitrogens with one attached hydrogen (secondary N) is 2. The number of amides is 1. The second-order valence-corrected chi connectivity index (χ2v) is 8.08. The Balaban J connectivity index is 1.61. The van der Waals surface area contributed by atoms with Crippen molar-refractivity contribution in [1.29, 1.82) is 0 Å². The third-order valence-corrected chi connectivity index (χ3v) is 5.56. The van der Waals surface area contributed by atoms with E-state index in [1.165, 1.54) is 18.4 Å². The van der Waals surface area contributed by atoms with Gasteiger partial charge in [0.25, 0.3) is 5.91 Å². The summed E-state index contributed by atoms with van der Waals surface area (Å²) in [4.78, 5) is 11.6. The lowest BCUT2D eigenvalue weighted by molar-refractivity contribution is -0.137. The van der Waals surface area contributed by atoms with Gasteiger partial charge < -0.3 is 9.73 Å². The summed E-state index contributed by atoms with van der Waals surface area (Å²) in [5, 5.41) is 2.68. The van der Waals surface area contributed by atoms with Crippen LogP contribution >= 0.6 is 0 Å². The fraction of sp³-hybridized carbons (Fsp3) is 0.150. The maximum Gasteiger partial charge on any atom is 0.416 e. The first-order valence-electron chi connectivity index (χ1n) is 8.71. The largest absolute Gasteiger partial charge is 0.467 e. The standard InChI is InChI=1S/C20H17F3N2O4S/c21-20(22,23)16-3-1-5-18(11-16)30(27,28)25-12-14-6-8-15(9-7-14)19(26)24-13-17-4-2-10-29-17/h1-11,25H,12-13H2,(H,24,26). The summed E-state index contributed by atoms with van der Waals surface area (Å²) in [6.45, 7) is 0.0806. The van der Waals surface area contributed by atoms with E-state index >= 15 is 0 Å². The predicted molar refractivity (Wildman–Crippen MR) is 102 cm³/mol. The van der Waals surface area contributed by atoms with E-state index < -0.39 is 26.7 Å². The van der Waals surface area contributed by atoms with E-state index in [0.29, 0.717) is 23.0 Å². The molecule has 0 aliphatic heterocycles. The Morgan fingerprint density at radius 3 is 2.33 bits per heavy atom. The maximum atomic E-state index is 12.8. The van der Waals surface area contributed by atoms with Crippen molar-refractivity contribution in [3.05, 3.63) is 89.4 Å². The van der Waals surface area contributed by atoms with Gasteiger partial charge in [0.2, 0.25) is 10.0 Å². The van der Waals surface area contributed by atoms with Crippen molar-refractivity contribution in [3.63, 3.8) is 0 Å². The number of rotatable bonds is 7. The molecule has 158 valence electrons. The minimum absolute atomic E-state index is 0.146. The summed E-state index contributed by atoms with van der Waals surface area (Å²) in [7, 11) is -4.14. The summed E-state index contributed by atoms with van der Waals surface area (Å²) in [5.41, 5.74) is -0.144. The first-order valence-corrected chi connectivity index (χ1v) is 10.2. The van der Waals surface area contributed by atoms with Crippen LogP contribution < -0.4 is 10.0 Å². The molecule has 2 N–H and O–H groups in total. The fourth-order valence-corrected chi connectivity index (χ4v) is 3.62. The summed E-state index contributed by atoms with van der Waals surface area (Å²) < 4.78 is 70.4. The van der Waals surface area contributed by atoms with Gasteiger partial charge in [-0.2, -0.15) is 13.2 Å². The number of carbonyl (C=O) groups is 1. The van der Waals surface area contributed by atoms with E-state index in [1.807, 2.05) is 0 Å². The number of hydrogen-bond donors (Lipinski definition) is 2. The van der Waals surface area contributed by atoms with E-state index in [0.717, 1.165) is 18.2 Å². The second-order valence-electron chi connectivity index (χ2n) is 6.31. The van der Waals surface area contributed by atoms with E-state index in [4.69, 9.17) is 4.42 Å². The lowest BCUT2D eigenvalue weighted by atomic mass is 10.1. The Kier molecular flexibility index (Phi) is 6.28. The van der Waals surface area contributed by atoms with Gasteiger partial charge in [0.1, 0.15) is 5.76 Å². The van der Waals surface area contributed by atoms with Crippen LogP contribution in [0.25, 0.3) is 0 Å². The van der Waals surface area contributed by atoms with Gasteiger partial charge in [-0.3, -0.25) is 4.79 Å². The average molecular weight is 438 g/mol. The Morgan fingerprint density at radius 1 is 0.967 bits per heavy atom. The number of hydrogen-bond acceptors (Lipinski definition) is 4. The Hall–Kier alpha value is -3.11. The summed E-state index contributed by atoms with van der Waals surface area (Å²) in [6, 6.07) is 13.1. The predicted octanol–water partition coefficient (Wildman–Crippen LogP) is 3.71. The van der Waals surface area contributed by atoms with Gasteiger partial charge >= 0.3 is 6.18 Å². The van der Waals surface area contributed by atoms with E-state index in [9.17, 15) is 26.4 Å². The molecule has 0 saturated heterocycles. The van der Waals surface area contributed by atoms with E-state index in [1.54, 1.807) is 24.3 Å². The van der Waals surface area contributed by atoms with Crippen LogP contribution in [0.1, 0.15) is 27.2 Å². The third kappa shape index (κ3) is 5.49. The summed E-state index contributed by atoms with van der Waals surface area (Å²) in [5.74, 6) is 0.270. The van der Waals surface area contributed by atoms with Gasteiger partial charge in [-0.25, -0.2) is 13.1 Å². The molecule has 10 heteroatoms. The van der Waals surface area contributed by atoms with Crippen molar-refractivity contribution in [2.75, 3.05) is 0 Å². The van der Waals surface area contributed by atoms with Crippen LogP contribution in [-0.4, -0.2) is 14.3 Å². The highest BCUT2D eigenvalue weighted by atomic mass is 32.2. The Morgan fingerprint density at radius 2 is 1.70 bits per heavy atom. The molecule has 30 heavy (non-hydrogen) atoms. The molecule has 0 radical (unpaired) electrons. The quantitative estimate of drug-likeness (QED) is 0.589. The number of furan rings is 1. The molecule has 1 amide bonds. The topological polar surface area (TPSA) is 88.4 Å². The summed E-state index contributed by atoms with van der Waals surface area (Å²) >= 11 is 0. The molecule has 1 heterocycles. The molecule has 3 aromatic rings. The second kappa shape index (κ2) is 8.72. The van der Waals surface area contributed by atoms with Gasteiger partial charge in [-0.05, 0) is 48.0 Å². The molecular weight excluding hydrogens is 421 g/mol. The van der Waals surface area contributed by atoms with Crippen molar-refractivity contribution in [2.45, 2.75) is 24.2 Å². The Labute approximate surface area is 170 Å². The average Bonchev–Trinajstić information content (AvgIpc) is 3.24. The van der Waals surface area contributed by atoms with Crippen LogP contribution in [0.2, 0.25) is 0 Å². The fourth-order valence-electron chi connectivity index (χ4n) is 2.56. The van der Waals surface area contributed by atoms with Crippen LogP contribution in [0, 0.1) is 0 Å². The van der Waals surface area contributed by atoms with Crippen molar-refractivity contribution < 1.29 is 30.8 Å². The smallest absolute Gasteiger partial charge is 0.416 e. The number of halogens is 3. The highest BCUT2D eigenvalue weighted by molar-refractivity contribution is 7.89. The minimum atomic E-state index is -4.64. The molecule has 0 aliphatic carbocycles. The SMILES string of the molecule is O=C(NCc1ccco1)c1ccc(CNS(=O)(=O)c2cccc(C(F)(F)F)c2)cc1. The molecule has 0 aliphatic rings. The van der Waals surface area contributed by atoms with Crippen LogP contribution in [0.4, 0.5) is 13.2 Å². The van der Waals surface area contributed by atoms with Crippen molar-refractivity contribution in [2.24, 2.45) is 0 Å². The zero-order chi connectivity index (χ0) is 21.8.